The summed E-state index contributed by atoms with van der Waals surface area (Å²) >= 11 is 0. The highest BCUT2D eigenvalue weighted by atomic mass is 16.2. The molecule has 0 aromatic carbocycles. The minimum absolute atomic E-state index is 0.157. The van der Waals surface area contributed by atoms with E-state index in [9.17, 15) is 4.79 Å². The van der Waals surface area contributed by atoms with Crippen molar-refractivity contribution >= 4 is 5.91 Å². The van der Waals surface area contributed by atoms with Crippen molar-refractivity contribution in [1.82, 2.24) is 26.3 Å². The van der Waals surface area contributed by atoms with Crippen LogP contribution in [0.25, 0.3) is 0 Å². The molecule has 0 bridgehead atoms. The molecule has 1 unspecified atom stereocenters. The zero-order valence-corrected chi connectivity index (χ0v) is 12.2. The van der Waals surface area contributed by atoms with Crippen LogP contribution in [0.2, 0.25) is 0 Å². The monoisotopic (exact) mass is 289 g/mol. The van der Waals surface area contributed by atoms with Crippen LogP contribution in [0.15, 0.2) is 24.4 Å². The van der Waals surface area contributed by atoms with E-state index in [-0.39, 0.29) is 11.9 Å². The Bertz CT molecular complexity index is 454. The number of amides is 1. The SMILES string of the molecule is O=C(C1CNNN1)N(Cc1ccccn1)C1CCCCC1. The maximum Gasteiger partial charge on any atom is 0.243 e. The molecule has 6 nitrogen and oxygen atoms in total. The molecule has 2 aliphatic rings. The molecule has 21 heavy (non-hydrogen) atoms. The average Bonchev–Trinajstić information content (AvgIpc) is 3.08. The van der Waals surface area contributed by atoms with E-state index in [4.69, 9.17) is 0 Å². The Morgan fingerprint density at radius 2 is 2.14 bits per heavy atom. The highest BCUT2D eigenvalue weighted by Gasteiger charge is 2.32. The highest BCUT2D eigenvalue weighted by Crippen LogP contribution is 2.24. The van der Waals surface area contributed by atoms with Crippen LogP contribution in [-0.2, 0) is 11.3 Å². The first-order valence-corrected chi connectivity index (χ1v) is 7.78. The van der Waals surface area contributed by atoms with Crippen LogP contribution in [0, 0.1) is 0 Å². The lowest BCUT2D eigenvalue weighted by atomic mass is 9.93. The number of hydrazine groups is 2. The molecule has 114 valence electrons. The van der Waals surface area contributed by atoms with Gasteiger partial charge in [0.1, 0.15) is 6.04 Å². The van der Waals surface area contributed by atoms with E-state index in [1.54, 1.807) is 6.20 Å². The third-order valence-electron chi connectivity index (χ3n) is 4.30. The summed E-state index contributed by atoms with van der Waals surface area (Å²) in [5.41, 5.74) is 9.71. The number of hydrogen-bond donors (Lipinski definition) is 3. The van der Waals surface area contributed by atoms with Gasteiger partial charge in [0, 0.05) is 18.8 Å². The molecule has 1 aliphatic carbocycles. The maximum atomic E-state index is 12.8. The quantitative estimate of drug-likeness (QED) is 0.762. The Kier molecular flexibility index (Phi) is 4.80. The van der Waals surface area contributed by atoms with Crippen LogP contribution in [0.4, 0.5) is 0 Å². The van der Waals surface area contributed by atoms with Crippen LogP contribution in [-0.4, -0.2) is 34.4 Å². The van der Waals surface area contributed by atoms with Crippen LogP contribution >= 0.6 is 0 Å². The number of carbonyl (C=O) groups excluding carboxylic acids is 1. The summed E-state index contributed by atoms with van der Waals surface area (Å²) in [6.07, 6.45) is 7.71. The summed E-state index contributed by atoms with van der Waals surface area (Å²) in [4.78, 5) is 19.2. The average molecular weight is 289 g/mol. The van der Waals surface area contributed by atoms with Crippen molar-refractivity contribution in [3.8, 4) is 0 Å². The highest BCUT2D eigenvalue weighted by molar-refractivity contribution is 5.82. The lowest BCUT2D eigenvalue weighted by Crippen LogP contribution is -2.50. The van der Waals surface area contributed by atoms with Gasteiger partial charge in [-0.05, 0) is 25.0 Å². The predicted molar refractivity (Wildman–Crippen MR) is 79.7 cm³/mol. The first-order chi connectivity index (χ1) is 10.3. The fraction of sp³-hybridized carbons (Fsp3) is 0.600. The lowest BCUT2D eigenvalue weighted by Gasteiger charge is -2.35. The van der Waals surface area contributed by atoms with E-state index >= 15 is 0 Å². The summed E-state index contributed by atoms with van der Waals surface area (Å²) in [5.74, 6) is 0.157. The molecule has 1 saturated heterocycles. The van der Waals surface area contributed by atoms with Crippen LogP contribution in [0.3, 0.4) is 0 Å². The topological polar surface area (TPSA) is 69.3 Å². The van der Waals surface area contributed by atoms with Crippen molar-refractivity contribution < 1.29 is 4.79 Å². The second-order valence-electron chi connectivity index (χ2n) is 5.78. The number of nitrogens with zero attached hydrogens (tertiary/aromatic N) is 2. The van der Waals surface area contributed by atoms with Gasteiger partial charge in [-0.2, -0.15) is 5.53 Å². The van der Waals surface area contributed by atoms with E-state index in [0.29, 0.717) is 19.1 Å². The Hall–Kier alpha value is -1.50. The third-order valence-corrected chi connectivity index (χ3v) is 4.30. The van der Waals surface area contributed by atoms with Crippen molar-refractivity contribution in [1.29, 1.82) is 0 Å². The van der Waals surface area contributed by atoms with Crippen molar-refractivity contribution in [2.24, 2.45) is 0 Å². The number of nitrogens with one attached hydrogen (secondary N) is 3. The fourth-order valence-corrected chi connectivity index (χ4v) is 3.14. The van der Waals surface area contributed by atoms with Gasteiger partial charge in [-0.3, -0.25) is 9.78 Å². The Morgan fingerprint density at radius 1 is 1.29 bits per heavy atom. The maximum absolute atomic E-state index is 12.8. The molecule has 1 aromatic rings. The smallest absolute Gasteiger partial charge is 0.243 e. The minimum Gasteiger partial charge on any atom is -0.332 e. The minimum atomic E-state index is -0.198. The largest absolute Gasteiger partial charge is 0.332 e. The molecule has 0 radical (unpaired) electrons. The normalized spacial score (nSPS) is 23.1. The fourth-order valence-electron chi connectivity index (χ4n) is 3.14. The standard InChI is InChI=1S/C15H23N5O/c21-15(14-10-17-19-18-14)20(13-7-2-1-3-8-13)11-12-6-4-5-9-16-12/h4-6,9,13-14,17-19H,1-3,7-8,10-11H2. The molecule has 1 aromatic heterocycles. The number of pyridine rings is 1. The summed E-state index contributed by atoms with van der Waals surface area (Å²) in [7, 11) is 0. The molecule has 3 N–H and O–H groups in total. The van der Waals surface area contributed by atoms with Gasteiger partial charge in [0.2, 0.25) is 5.91 Å². The molecular formula is C15H23N5O. The van der Waals surface area contributed by atoms with Gasteiger partial charge in [-0.1, -0.05) is 25.3 Å². The summed E-state index contributed by atoms with van der Waals surface area (Å²) in [6, 6.07) is 6.01. The molecule has 1 amide bonds. The van der Waals surface area contributed by atoms with Gasteiger partial charge >= 0.3 is 0 Å². The molecule has 1 saturated carbocycles. The second kappa shape index (κ2) is 6.98. The van der Waals surface area contributed by atoms with Gasteiger partial charge in [0.05, 0.1) is 12.2 Å². The van der Waals surface area contributed by atoms with Crippen LogP contribution in [0.5, 0.6) is 0 Å². The van der Waals surface area contributed by atoms with Crippen molar-refractivity contribution in [2.45, 2.75) is 50.7 Å². The number of rotatable bonds is 4. The van der Waals surface area contributed by atoms with Crippen LogP contribution in [0.1, 0.15) is 37.8 Å². The Morgan fingerprint density at radius 3 is 2.81 bits per heavy atom. The summed E-state index contributed by atoms with van der Waals surface area (Å²) < 4.78 is 0. The first-order valence-electron chi connectivity index (χ1n) is 7.78. The van der Waals surface area contributed by atoms with Gasteiger partial charge in [-0.15, -0.1) is 0 Å². The third kappa shape index (κ3) is 3.58. The summed E-state index contributed by atoms with van der Waals surface area (Å²) in [5, 5.41) is 0. The Labute approximate surface area is 125 Å². The predicted octanol–water partition coefficient (Wildman–Crippen LogP) is 0.724. The number of carbonyl (C=O) groups is 1. The second-order valence-corrected chi connectivity index (χ2v) is 5.78. The van der Waals surface area contributed by atoms with Gasteiger partial charge in [0.25, 0.3) is 0 Å². The Balaban J connectivity index is 1.74. The zero-order valence-electron chi connectivity index (χ0n) is 12.2. The van der Waals surface area contributed by atoms with Crippen molar-refractivity contribution in [2.75, 3.05) is 6.54 Å². The van der Waals surface area contributed by atoms with E-state index < -0.39 is 0 Å². The van der Waals surface area contributed by atoms with E-state index in [0.717, 1.165) is 18.5 Å². The van der Waals surface area contributed by atoms with Crippen LogP contribution < -0.4 is 16.4 Å². The lowest BCUT2D eigenvalue weighted by molar-refractivity contribution is -0.136. The van der Waals surface area contributed by atoms with Crippen molar-refractivity contribution in [3.05, 3.63) is 30.1 Å². The number of hydrogen-bond acceptors (Lipinski definition) is 5. The molecular weight excluding hydrogens is 266 g/mol. The molecule has 2 heterocycles. The molecule has 1 aliphatic heterocycles. The van der Waals surface area contributed by atoms with E-state index in [2.05, 4.69) is 21.4 Å². The van der Waals surface area contributed by atoms with E-state index in [1.165, 1.54) is 19.3 Å². The van der Waals surface area contributed by atoms with Crippen molar-refractivity contribution in [3.63, 3.8) is 0 Å². The molecule has 1 atom stereocenters. The van der Waals surface area contributed by atoms with Gasteiger partial charge < -0.3 is 4.90 Å². The van der Waals surface area contributed by atoms with E-state index in [1.807, 2.05) is 23.1 Å². The zero-order chi connectivity index (χ0) is 14.5. The molecule has 2 fully saturated rings. The first kappa shape index (κ1) is 14.4. The summed E-state index contributed by atoms with van der Waals surface area (Å²) in [6.45, 7) is 1.22. The molecule has 3 rings (SSSR count). The molecule has 6 heteroatoms. The molecule has 0 spiro atoms. The van der Waals surface area contributed by atoms with Gasteiger partial charge in [0.15, 0.2) is 0 Å². The number of aromatic nitrogens is 1. The van der Waals surface area contributed by atoms with Gasteiger partial charge in [-0.25, -0.2) is 10.9 Å².